The molecule has 9 nitrogen and oxygen atoms in total. The Labute approximate surface area is 142 Å². The van der Waals surface area contributed by atoms with E-state index in [1.54, 1.807) is 38.1 Å². The number of benzene rings is 1. The van der Waals surface area contributed by atoms with Gasteiger partial charge in [-0.2, -0.15) is 10.2 Å². The normalized spacial score (nSPS) is 10.8. The third-order valence-corrected chi connectivity index (χ3v) is 3.57. The van der Waals surface area contributed by atoms with Crippen LogP contribution in [0.1, 0.15) is 40.9 Å². The molecule has 0 aliphatic rings. The zero-order valence-electron chi connectivity index (χ0n) is 13.6. The van der Waals surface area contributed by atoms with Crippen LogP contribution in [0.2, 0.25) is 0 Å². The fourth-order valence-corrected chi connectivity index (χ4v) is 2.35. The Morgan fingerprint density at radius 1 is 1.08 bits per heavy atom. The first kappa shape index (κ1) is 16.4. The predicted molar refractivity (Wildman–Crippen MR) is 89.9 cm³/mol. The topological polar surface area (TPSA) is 122 Å². The summed E-state index contributed by atoms with van der Waals surface area (Å²) in [6, 6.07) is 7.95. The minimum atomic E-state index is -0.626. The zero-order valence-corrected chi connectivity index (χ0v) is 13.6. The van der Waals surface area contributed by atoms with Crippen molar-refractivity contribution in [3.8, 4) is 0 Å². The maximum atomic E-state index is 12.5. The molecule has 0 bridgehead atoms. The molecule has 2 amide bonds. The van der Waals surface area contributed by atoms with Gasteiger partial charge in [-0.3, -0.25) is 30.3 Å². The Balaban J connectivity index is 1.94. The Kier molecular flexibility index (Phi) is 4.29. The van der Waals surface area contributed by atoms with Gasteiger partial charge in [0.05, 0.1) is 11.4 Å². The second-order valence-electron chi connectivity index (χ2n) is 5.62. The zero-order chi connectivity index (χ0) is 18.0. The number of aromatic amines is 1. The fourth-order valence-electron chi connectivity index (χ4n) is 2.35. The lowest BCUT2D eigenvalue weighted by Crippen LogP contribution is -2.43. The van der Waals surface area contributed by atoms with Gasteiger partial charge < -0.3 is 0 Å². The van der Waals surface area contributed by atoms with Gasteiger partial charge in [0.2, 0.25) is 0 Å². The third-order valence-electron chi connectivity index (χ3n) is 3.57. The van der Waals surface area contributed by atoms with Crippen LogP contribution in [0.15, 0.2) is 41.3 Å². The van der Waals surface area contributed by atoms with E-state index in [1.165, 1.54) is 16.9 Å². The van der Waals surface area contributed by atoms with E-state index in [0.29, 0.717) is 10.8 Å². The molecule has 0 saturated heterocycles. The molecule has 128 valence electrons. The Morgan fingerprint density at radius 2 is 1.76 bits per heavy atom. The molecule has 9 heteroatoms. The number of hydrazine groups is 1. The fraction of sp³-hybridized carbons (Fsp3) is 0.188. The van der Waals surface area contributed by atoms with Gasteiger partial charge in [0.1, 0.15) is 5.69 Å². The molecular formula is C16H16N6O3. The Hall–Kier alpha value is -3.49. The number of nitrogens with one attached hydrogen (secondary N) is 3. The summed E-state index contributed by atoms with van der Waals surface area (Å²) in [5, 5.41) is 11.1. The maximum Gasteiger partial charge on any atom is 0.290 e. The summed E-state index contributed by atoms with van der Waals surface area (Å²) in [4.78, 5) is 36.8. The van der Waals surface area contributed by atoms with E-state index < -0.39 is 11.8 Å². The van der Waals surface area contributed by atoms with Crippen LogP contribution < -0.4 is 16.4 Å². The van der Waals surface area contributed by atoms with E-state index in [1.807, 2.05) is 0 Å². The van der Waals surface area contributed by atoms with Crippen molar-refractivity contribution in [2.75, 3.05) is 0 Å². The van der Waals surface area contributed by atoms with E-state index in [4.69, 9.17) is 0 Å². The maximum absolute atomic E-state index is 12.5. The molecule has 2 heterocycles. The molecule has 0 radical (unpaired) electrons. The quantitative estimate of drug-likeness (QED) is 0.608. The number of amides is 2. The van der Waals surface area contributed by atoms with Crippen molar-refractivity contribution < 1.29 is 9.59 Å². The van der Waals surface area contributed by atoms with Gasteiger partial charge in [-0.1, -0.05) is 18.2 Å². The molecule has 0 unspecified atom stereocenters. The van der Waals surface area contributed by atoms with Crippen molar-refractivity contribution in [3.05, 3.63) is 58.3 Å². The molecule has 0 spiro atoms. The van der Waals surface area contributed by atoms with Gasteiger partial charge >= 0.3 is 0 Å². The summed E-state index contributed by atoms with van der Waals surface area (Å²) < 4.78 is 1.24. The van der Waals surface area contributed by atoms with E-state index >= 15 is 0 Å². The third kappa shape index (κ3) is 3.11. The molecule has 3 N–H and O–H groups in total. The average Bonchev–Trinajstić information content (AvgIpc) is 3.14. The van der Waals surface area contributed by atoms with Gasteiger partial charge in [-0.25, -0.2) is 4.68 Å². The van der Waals surface area contributed by atoms with Crippen molar-refractivity contribution in [2.45, 2.75) is 19.9 Å². The standard InChI is InChI=1S/C16H16N6O3/c1-9(2)22-16(25)11-6-4-3-5-10(11)13(21-22)15(24)20-19-14(23)12-7-8-17-18-12/h3-9H,1-2H3,(H,17,18)(H,19,23)(H,20,24). The highest BCUT2D eigenvalue weighted by Crippen LogP contribution is 2.14. The number of H-pyrrole nitrogens is 1. The van der Waals surface area contributed by atoms with Gasteiger partial charge in [-0.05, 0) is 26.0 Å². The molecule has 0 aliphatic carbocycles. The van der Waals surface area contributed by atoms with Gasteiger partial charge in [0, 0.05) is 11.6 Å². The monoisotopic (exact) mass is 340 g/mol. The summed E-state index contributed by atoms with van der Waals surface area (Å²) in [7, 11) is 0. The summed E-state index contributed by atoms with van der Waals surface area (Å²) in [6.07, 6.45) is 1.42. The van der Waals surface area contributed by atoms with Crippen LogP contribution in [0.3, 0.4) is 0 Å². The van der Waals surface area contributed by atoms with Crippen LogP contribution in [-0.4, -0.2) is 31.8 Å². The highest BCUT2D eigenvalue weighted by molar-refractivity contribution is 6.05. The van der Waals surface area contributed by atoms with Crippen molar-refractivity contribution >= 4 is 22.6 Å². The molecule has 0 atom stereocenters. The van der Waals surface area contributed by atoms with Crippen molar-refractivity contribution in [1.29, 1.82) is 0 Å². The first-order valence-electron chi connectivity index (χ1n) is 7.60. The van der Waals surface area contributed by atoms with Crippen molar-refractivity contribution in [3.63, 3.8) is 0 Å². The van der Waals surface area contributed by atoms with E-state index in [0.717, 1.165) is 0 Å². The molecule has 1 aromatic carbocycles. The average molecular weight is 340 g/mol. The molecular weight excluding hydrogens is 324 g/mol. The lowest BCUT2D eigenvalue weighted by molar-refractivity contribution is 0.0840. The van der Waals surface area contributed by atoms with Crippen LogP contribution in [0, 0.1) is 0 Å². The van der Waals surface area contributed by atoms with Crippen LogP contribution in [0.4, 0.5) is 0 Å². The number of hydrogen-bond acceptors (Lipinski definition) is 5. The Bertz CT molecular complexity index is 991. The summed E-state index contributed by atoms with van der Waals surface area (Å²) >= 11 is 0. The number of rotatable bonds is 3. The molecule has 0 fully saturated rings. The molecule has 0 aliphatic heterocycles. The van der Waals surface area contributed by atoms with E-state index in [9.17, 15) is 14.4 Å². The van der Waals surface area contributed by atoms with Crippen molar-refractivity contribution in [2.24, 2.45) is 0 Å². The van der Waals surface area contributed by atoms with Gasteiger partial charge in [0.25, 0.3) is 17.4 Å². The summed E-state index contributed by atoms with van der Waals surface area (Å²) in [6.45, 7) is 3.59. The summed E-state index contributed by atoms with van der Waals surface area (Å²) in [5.74, 6) is -1.18. The highest BCUT2D eigenvalue weighted by atomic mass is 16.2. The molecule has 3 aromatic rings. The minimum Gasteiger partial charge on any atom is -0.273 e. The molecule has 25 heavy (non-hydrogen) atoms. The van der Waals surface area contributed by atoms with E-state index in [-0.39, 0.29) is 23.0 Å². The second kappa shape index (κ2) is 6.56. The first-order valence-corrected chi connectivity index (χ1v) is 7.60. The Morgan fingerprint density at radius 3 is 2.40 bits per heavy atom. The largest absolute Gasteiger partial charge is 0.290 e. The molecule has 0 saturated carbocycles. The van der Waals surface area contributed by atoms with Crippen LogP contribution in [0.5, 0.6) is 0 Å². The van der Waals surface area contributed by atoms with Crippen LogP contribution in [0.25, 0.3) is 10.8 Å². The molecule has 2 aromatic heterocycles. The smallest absolute Gasteiger partial charge is 0.273 e. The first-order chi connectivity index (χ1) is 12.0. The number of nitrogens with zero attached hydrogens (tertiary/aromatic N) is 3. The SMILES string of the molecule is CC(C)n1nc(C(=O)NNC(=O)c2ccn[nH]2)c2ccccc2c1=O. The van der Waals surface area contributed by atoms with Crippen molar-refractivity contribution in [1.82, 2.24) is 30.8 Å². The van der Waals surface area contributed by atoms with Crippen LogP contribution in [-0.2, 0) is 0 Å². The van der Waals surface area contributed by atoms with Gasteiger partial charge in [-0.15, -0.1) is 0 Å². The van der Waals surface area contributed by atoms with Crippen LogP contribution >= 0.6 is 0 Å². The predicted octanol–water partition coefficient (Wildman–Crippen LogP) is 0.775. The number of carbonyl (C=O) groups is 2. The second-order valence-corrected chi connectivity index (χ2v) is 5.62. The van der Waals surface area contributed by atoms with Gasteiger partial charge in [0.15, 0.2) is 5.69 Å². The minimum absolute atomic E-state index is 0.0498. The lowest BCUT2D eigenvalue weighted by Gasteiger charge is -2.13. The lowest BCUT2D eigenvalue weighted by atomic mass is 10.1. The summed E-state index contributed by atoms with van der Waals surface area (Å²) in [5.41, 5.74) is 4.55. The highest BCUT2D eigenvalue weighted by Gasteiger charge is 2.18. The number of fused-ring (bicyclic) bond motifs is 1. The molecule has 3 rings (SSSR count). The number of aromatic nitrogens is 4. The number of hydrogen-bond donors (Lipinski definition) is 3. The van der Waals surface area contributed by atoms with E-state index in [2.05, 4.69) is 26.1 Å². The number of carbonyl (C=O) groups excluding carboxylic acids is 2.